The van der Waals surface area contributed by atoms with Crippen LogP contribution in [0.1, 0.15) is 63.5 Å². The molecule has 106 valence electrons. The van der Waals surface area contributed by atoms with E-state index in [1.165, 1.54) is 43.4 Å². The predicted octanol–water partition coefficient (Wildman–Crippen LogP) is 4.73. The van der Waals surface area contributed by atoms with Crippen molar-refractivity contribution in [3.05, 3.63) is 35.4 Å². The van der Waals surface area contributed by atoms with Crippen molar-refractivity contribution >= 4 is 0 Å². The van der Waals surface area contributed by atoms with Crippen LogP contribution in [0.15, 0.2) is 24.3 Å². The van der Waals surface area contributed by atoms with Gasteiger partial charge in [-0.05, 0) is 48.3 Å². The maximum absolute atomic E-state index is 3.63. The van der Waals surface area contributed by atoms with Crippen molar-refractivity contribution in [1.82, 2.24) is 5.32 Å². The molecule has 1 aromatic rings. The van der Waals surface area contributed by atoms with Crippen LogP contribution in [0.5, 0.6) is 0 Å². The molecule has 1 aromatic carbocycles. The van der Waals surface area contributed by atoms with Crippen LogP contribution >= 0.6 is 0 Å². The van der Waals surface area contributed by atoms with Crippen molar-refractivity contribution in [2.75, 3.05) is 6.54 Å². The van der Waals surface area contributed by atoms with Crippen LogP contribution in [0.2, 0.25) is 0 Å². The van der Waals surface area contributed by atoms with E-state index in [0.717, 1.165) is 18.4 Å². The maximum Gasteiger partial charge on any atom is 0.0205 e. The van der Waals surface area contributed by atoms with Crippen molar-refractivity contribution in [3.8, 4) is 0 Å². The first-order valence-corrected chi connectivity index (χ1v) is 7.94. The average Bonchev–Trinajstić information content (AvgIpc) is 2.41. The van der Waals surface area contributed by atoms with Gasteiger partial charge in [0.15, 0.2) is 0 Å². The first-order chi connectivity index (χ1) is 9.15. The summed E-state index contributed by atoms with van der Waals surface area (Å²) in [6.07, 6.45) is 5.69. The summed E-state index contributed by atoms with van der Waals surface area (Å²) in [5.74, 6) is 2.50. The van der Waals surface area contributed by atoms with Crippen LogP contribution in [0.3, 0.4) is 0 Å². The molecule has 1 N–H and O–H groups in total. The van der Waals surface area contributed by atoms with E-state index in [1.54, 1.807) is 0 Å². The molecule has 19 heavy (non-hydrogen) atoms. The van der Waals surface area contributed by atoms with Gasteiger partial charge in [-0.2, -0.15) is 0 Å². The molecular weight excluding hydrogens is 230 g/mol. The van der Waals surface area contributed by atoms with Crippen LogP contribution in [0.25, 0.3) is 0 Å². The summed E-state index contributed by atoms with van der Waals surface area (Å²) in [5.41, 5.74) is 2.85. The van der Waals surface area contributed by atoms with Gasteiger partial charge in [0, 0.05) is 6.54 Å². The molecule has 1 nitrogen and oxygen atoms in total. The molecule has 0 saturated heterocycles. The van der Waals surface area contributed by atoms with E-state index < -0.39 is 0 Å². The molecule has 0 unspecified atom stereocenters. The fraction of sp³-hybridized carbons (Fsp3) is 0.667. The lowest BCUT2D eigenvalue weighted by atomic mass is 9.83. The largest absolute Gasteiger partial charge is 0.312 e. The minimum Gasteiger partial charge on any atom is -0.312 e. The van der Waals surface area contributed by atoms with E-state index in [2.05, 4.69) is 50.4 Å². The number of hydrogen-bond acceptors (Lipinski definition) is 1. The fourth-order valence-corrected chi connectivity index (χ4v) is 2.97. The zero-order chi connectivity index (χ0) is 13.7. The highest BCUT2D eigenvalue weighted by Crippen LogP contribution is 2.27. The monoisotopic (exact) mass is 259 g/mol. The predicted molar refractivity (Wildman–Crippen MR) is 83.4 cm³/mol. The number of rotatable bonds is 5. The normalized spacial score (nSPS) is 23.8. The molecule has 0 atom stereocenters. The zero-order valence-corrected chi connectivity index (χ0v) is 12.8. The zero-order valence-electron chi connectivity index (χ0n) is 12.8. The molecule has 0 amide bonds. The Labute approximate surface area is 118 Å². The van der Waals surface area contributed by atoms with Gasteiger partial charge in [0.2, 0.25) is 0 Å². The number of benzene rings is 1. The Morgan fingerprint density at radius 3 is 2.26 bits per heavy atom. The number of hydrogen-bond donors (Lipinski definition) is 1. The van der Waals surface area contributed by atoms with E-state index in [4.69, 9.17) is 0 Å². The first kappa shape index (κ1) is 14.6. The van der Waals surface area contributed by atoms with Crippen LogP contribution in [0, 0.1) is 11.8 Å². The van der Waals surface area contributed by atoms with Gasteiger partial charge in [0.25, 0.3) is 0 Å². The van der Waals surface area contributed by atoms with Crippen molar-refractivity contribution in [1.29, 1.82) is 0 Å². The standard InChI is InChI=1S/C18H29N/c1-14(2)18-10-8-17(9-11-18)13-19-12-16-6-4-15(3)5-7-16/h8-11,14-16,19H,4-7,12-13H2,1-3H3. The number of nitrogens with one attached hydrogen (secondary N) is 1. The molecule has 1 saturated carbocycles. The molecule has 0 aromatic heterocycles. The Bertz CT molecular complexity index is 358. The summed E-state index contributed by atoms with van der Waals surface area (Å²) in [6, 6.07) is 9.07. The topological polar surface area (TPSA) is 12.0 Å². The fourth-order valence-electron chi connectivity index (χ4n) is 2.97. The highest BCUT2D eigenvalue weighted by atomic mass is 14.9. The third kappa shape index (κ3) is 4.65. The van der Waals surface area contributed by atoms with Crippen LogP contribution in [-0.2, 0) is 6.54 Å². The van der Waals surface area contributed by atoms with E-state index in [0.29, 0.717) is 5.92 Å². The van der Waals surface area contributed by atoms with Gasteiger partial charge in [-0.3, -0.25) is 0 Å². The molecule has 0 heterocycles. The average molecular weight is 259 g/mol. The molecule has 0 radical (unpaired) electrons. The highest BCUT2D eigenvalue weighted by Gasteiger charge is 2.17. The van der Waals surface area contributed by atoms with Crippen molar-refractivity contribution in [2.24, 2.45) is 11.8 Å². The molecule has 1 fully saturated rings. The van der Waals surface area contributed by atoms with Gasteiger partial charge < -0.3 is 5.32 Å². The van der Waals surface area contributed by atoms with Gasteiger partial charge in [0.1, 0.15) is 0 Å². The lowest BCUT2D eigenvalue weighted by Crippen LogP contribution is -2.25. The molecule has 0 aliphatic heterocycles. The van der Waals surface area contributed by atoms with Crippen molar-refractivity contribution in [2.45, 2.75) is 58.9 Å². The summed E-state index contributed by atoms with van der Waals surface area (Å²) in [5, 5.41) is 3.63. The Kier molecular flexibility index (Phi) is 5.45. The Morgan fingerprint density at radius 2 is 1.68 bits per heavy atom. The minimum absolute atomic E-state index is 0.631. The Balaban J connectivity index is 1.70. The van der Waals surface area contributed by atoms with E-state index in [-0.39, 0.29) is 0 Å². The van der Waals surface area contributed by atoms with E-state index >= 15 is 0 Å². The summed E-state index contributed by atoms with van der Waals surface area (Å²) < 4.78 is 0. The summed E-state index contributed by atoms with van der Waals surface area (Å²) in [4.78, 5) is 0. The van der Waals surface area contributed by atoms with Gasteiger partial charge in [-0.1, -0.05) is 57.9 Å². The Morgan fingerprint density at radius 1 is 1.05 bits per heavy atom. The Hall–Kier alpha value is -0.820. The van der Waals surface area contributed by atoms with Gasteiger partial charge >= 0.3 is 0 Å². The van der Waals surface area contributed by atoms with Crippen LogP contribution in [-0.4, -0.2) is 6.54 Å². The SMILES string of the molecule is CC1CCC(CNCc2ccc(C(C)C)cc2)CC1. The molecule has 1 aliphatic carbocycles. The van der Waals surface area contributed by atoms with Crippen LogP contribution in [0.4, 0.5) is 0 Å². The summed E-state index contributed by atoms with van der Waals surface area (Å²) in [7, 11) is 0. The second kappa shape index (κ2) is 7.09. The van der Waals surface area contributed by atoms with Crippen molar-refractivity contribution < 1.29 is 0 Å². The second-order valence-electron chi connectivity index (χ2n) is 6.65. The van der Waals surface area contributed by atoms with E-state index in [1.807, 2.05) is 0 Å². The molecule has 0 spiro atoms. The third-order valence-electron chi connectivity index (χ3n) is 4.54. The first-order valence-electron chi connectivity index (χ1n) is 7.94. The maximum atomic E-state index is 3.63. The van der Waals surface area contributed by atoms with Gasteiger partial charge in [-0.15, -0.1) is 0 Å². The molecule has 1 heteroatoms. The lowest BCUT2D eigenvalue weighted by molar-refractivity contribution is 0.281. The highest BCUT2D eigenvalue weighted by molar-refractivity contribution is 5.24. The van der Waals surface area contributed by atoms with Crippen LogP contribution < -0.4 is 5.32 Å². The third-order valence-corrected chi connectivity index (χ3v) is 4.54. The summed E-state index contributed by atoms with van der Waals surface area (Å²) in [6.45, 7) is 9.09. The molecule has 1 aliphatic rings. The molecule has 0 bridgehead atoms. The quantitative estimate of drug-likeness (QED) is 0.806. The summed E-state index contributed by atoms with van der Waals surface area (Å²) >= 11 is 0. The minimum atomic E-state index is 0.631. The molecule has 2 rings (SSSR count). The van der Waals surface area contributed by atoms with E-state index in [9.17, 15) is 0 Å². The smallest absolute Gasteiger partial charge is 0.0205 e. The van der Waals surface area contributed by atoms with Gasteiger partial charge in [-0.25, -0.2) is 0 Å². The second-order valence-corrected chi connectivity index (χ2v) is 6.65. The van der Waals surface area contributed by atoms with Gasteiger partial charge in [0.05, 0.1) is 0 Å². The molecular formula is C18H29N. The lowest BCUT2D eigenvalue weighted by Gasteiger charge is -2.26. The van der Waals surface area contributed by atoms with Crippen molar-refractivity contribution in [3.63, 3.8) is 0 Å².